The maximum atomic E-state index is 12.6. The number of alkyl halides is 3. The Kier molecular flexibility index (Phi) is 9.28. The molecular weight excluding hydrogens is 352 g/mol. The van der Waals surface area contributed by atoms with Crippen LogP contribution >= 0.6 is 24.8 Å². The van der Waals surface area contributed by atoms with Gasteiger partial charge < -0.3 is 10.4 Å². The van der Waals surface area contributed by atoms with E-state index in [2.05, 4.69) is 5.32 Å². The predicted molar refractivity (Wildman–Crippen MR) is 89.8 cm³/mol. The van der Waals surface area contributed by atoms with Crippen LogP contribution in [0.1, 0.15) is 30.0 Å². The van der Waals surface area contributed by atoms with Crippen LogP contribution in [0.2, 0.25) is 0 Å². The van der Waals surface area contributed by atoms with E-state index in [1.165, 1.54) is 0 Å². The van der Waals surface area contributed by atoms with Crippen molar-refractivity contribution in [3.05, 3.63) is 29.3 Å². The highest BCUT2D eigenvalue weighted by Gasteiger charge is 2.32. The first kappa shape index (κ1) is 22.3. The molecule has 0 spiro atoms. The molecule has 0 unspecified atom stereocenters. The molecule has 0 amide bonds. The molecule has 0 radical (unpaired) electrons. The summed E-state index contributed by atoms with van der Waals surface area (Å²) in [4.78, 5) is 2.02. The average Bonchev–Trinajstić information content (AvgIpc) is 2.41. The minimum atomic E-state index is -4.17. The van der Waals surface area contributed by atoms with Crippen LogP contribution < -0.4 is 5.32 Å². The van der Waals surface area contributed by atoms with Crippen molar-refractivity contribution in [1.29, 1.82) is 0 Å². The molecule has 23 heavy (non-hydrogen) atoms. The number of rotatable bonds is 4. The number of hydrogen-bond donors (Lipinski definition) is 2. The second kappa shape index (κ2) is 9.57. The van der Waals surface area contributed by atoms with E-state index in [4.69, 9.17) is 0 Å². The Bertz CT molecular complexity index is 480. The van der Waals surface area contributed by atoms with Gasteiger partial charge in [0, 0.05) is 44.2 Å². The smallest absolute Gasteiger partial charge is 0.389 e. The Hall–Kier alpha value is -0.690. The van der Waals surface area contributed by atoms with Crippen LogP contribution in [0.15, 0.2) is 18.2 Å². The lowest BCUT2D eigenvalue weighted by molar-refractivity contribution is -0.138. The first-order valence-corrected chi connectivity index (χ1v) is 7.18. The van der Waals surface area contributed by atoms with Gasteiger partial charge in [-0.1, -0.05) is 12.1 Å². The first-order valence-electron chi connectivity index (χ1n) is 7.18. The maximum Gasteiger partial charge on any atom is 0.389 e. The molecule has 1 atom stereocenters. The number of phenolic OH excluding ortho intramolecular Hbond substituents is 1. The third kappa shape index (κ3) is 6.75. The molecule has 1 saturated heterocycles. The van der Waals surface area contributed by atoms with Gasteiger partial charge >= 0.3 is 6.18 Å². The highest BCUT2D eigenvalue weighted by molar-refractivity contribution is 5.85. The van der Waals surface area contributed by atoms with Crippen molar-refractivity contribution in [1.82, 2.24) is 10.2 Å². The van der Waals surface area contributed by atoms with Crippen LogP contribution in [0.25, 0.3) is 0 Å². The summed E-state index contributed by atoms with van der Waals surface area (Å²) in [5.74, 6) is 0.0840. The van der Waals surface area contributed by atoms with Crippen LogP contribution in [-0.2, 0) is 0 Å². The van der Waals surface area contributed by atoms with Crippen molar-refractivity contribution in [2.75, 3.05) is 26.2 Å². The molecule has 0 bridgehead atoms. The number of nitrogens with zero attached hydrogens (tertiary/aromatic N) is 1. The van der Waals surface area contributed by atoms with E-state index in [9.17, 15) is 18.3 Å². The zero-order chi connectivity index (χ0) is 15.5. The number of nitrogens with one attached hydrogen (secondary N) is 1. The van der Waals surface area contributed by atoms with E-state index in [-0.39, 0.29) is 37.0 Å². The van der Waals surface area contributed by atoms with Crippen LogP contribution in [-0.4, -0.2) is 42.4 Å². The molecule has 8 heteroatoms. The van der Waals surface area contributed by atoms with Crippen LogP contribution in [0.3, 0.4) is 0 Å². The maximum absolute atomic E-state index is 12.6. The fourth-order valence-corrected chi connectivity index (χ4v) is 2.76. The van der Waals surface area contributed by atoms with Gasteiger partial charge in [0.25, 0.3) is 0 Å². The van der Waals surface area contributed by atoms with Gasteiger partial charge in [0.1, 0.15) is 5.75 Å². The molecule has 134 valence electrons. The Morgan fingerprint density at radius 1 is 1.22 bits per heavy atom. The first-order chi connectivity index (χ1) is 9.87. The summed E-state index contributed by atoms with van der Waals surface area (Å²) in [6.45, 7) is 4.75. The van der Waals surface area contributed by atoms with Crippen molar-refractivity contribution in [2.24, 2.45) is 0 Å². The fourth-order valence-electron chi connectivity index (χ4n) is 2.76. The standard InChI is InChI=1S/C15H21F3N2O.2ClH/c1-11-2-3-12(14(21)10-11)13(4-5-15(16,17)18)20-8-6-19-7-9-20;;/h2-3,10,13,19,21H,4-9H2,1H3;2*1H/t13-;;/m1../s1. The lowest BCUT2D eigenvalue weighted by Gasteiger charge is -2.35. The van der Waals surface area contributed by atoms with Crippen LogP contribution in [0.4, 0.5) is 13.2 Å². The number of hydrogen-bond acceptors (Lipinski definition) is 3. The van der Waals surface area contributed by atoms with E-state index in [0.29, 0.717) is 18.7 Å². The zero-order valence-electron chi connectivity index (χ0n) is 12.9. The van der Waals surface area contributed by atoms with E-state index in [0.717, 1.165) is 18.7 Å². The van der Waals surface area contributed by atoms with E-state index >= 15 is 0 Å². The Morgan fingerprint density at radius 3 is 2.35 bits per heavy atom. The van der Waals surface area contributed by atoms with E-state index in [1.54, 1.807) is 12.1 Å². The summed E-state index contributed by atoms with van der Waals surface area (Å²) >= 11 is 0. The number of aromatic hydroxyl groups is 1. The average molecular weight is 375 g/mol. The summed E-state index contributed by atoms with van der Waals surface area (Å²) in [6, 6.07) is 4.79. The molecule has 2 rings (SSSR count). The molecule has 1 fully saturated rings. The minimum absolute atomic E-state index is 0. The van der Waals surface area contributed by atoms with Gasteiger partial charge in [-0.2, -0.15) is 13.2 Å². The molecule has 1 aromatic carbocycles. The molecular formula is C15H23Cl2F3N2O. The van der Waals surface area contributed by atoms with E-state index in [1.807, 2.05) is 17.9 Å². The zero-order valence-corrected chi connectivity index (χ0v) is 14.5. The van der Waals surface area contributed by atoms with Gasteiger partial charge in [0.15, 0.2) is 0 Å². The summed E-state index contributed by atoms with van der Waals surface area (Å²) in [6.07, 6.45) is -5.04. The monoisotopic (exact) mass is 374 g/mol. The van der Waals surface area contributed by atoms with Gasteiger partial charge in [-0.15, -0.1) is 24.8 Å². The number of halogens is 5. The van der Waals surface area contributed by atoms with Gasteiger partial charge in [0.05, 0.1) is 0 Å². The number of benzene rings is 1. The summed E-state index contributed by atoms with van der Waals surface area (Å²) in [5, 5.41) is 13.3. The normalized spacial score (nSPS) is 17.0. The number of piperazine rings is 1. The third-order valence-corrected chi connectivity index (χ3v) is 3.84. The fraction of sp³-hybridized carbons (Fsp3) is 0.600. The van der Waals surface area contributed by atoms with E-state index < -0.39 is 18.6 Å². The van der Waals surface area contributed by atoms with Crippen LogP contribution in [0.5, 0.6) is 5.75 Å². The molecule has 0 saturated carbocycles. The quantitative estimate of drug-likeness (QED) is 0.840. The van der Waals surface area contributed by atoms with Gasteiger partial charge in [-0.3, -0.25) is 4.90 Å². The second-order valence-electron chi connectivity index (χ2n) is 5.52. The van der Waals surface area contributed by atoms with Gasteiger partial charge in [-0.05, 0) is 25.0 Å². The molecule has 1 aromatic rings. The Labute approximate surface area is 147 Å². The van der Waals surface area contributed by atoms with Gasteiger partial charge in [-0.25, -0.2) is 0 Å². The lowest BCUT2D eigenvalue weighted by atomic mass is 9.97. The highest BCUT2D eigenvalue weighted by Crippen LogP contribution is 2.36. The van der Waals surface area contributed by atoms with Crippen molar-refractivity contribution < 1.29 is 18.3 Å². The van der Waals surface area contributed by atoms with Crippen molar-refractivity contribution in [2.45, 2.75) is 32.0 Å². The molecule has 1 aliphatic heterocycles. The molecule has 0 aromatic heterocycles. The Morgan fingerprint density at radius 2 is 1.83 bits per heavy atom. The molecule has 1 aliphatic rings. The molecule has 3 nitrogen and oxygen atoms in total. The topological polar surface area (TPSA) is 35.5 Å². The summed E-state index contributed by atoms with van der Waals surface area (Å²) in [5.41, 5.74) is 1.48. The molecule has 2 N–H and O–H groups in total. The second-order valence-corrected chi connectivity index (χ2v) is 5.52. The van der Waals surface area contributed by atoms with Gasteiger partial charge in [0.2, 0.25) is 0 Å². The van der Waals surface area contributed by atoms with Crippen molar-refractivity contribution >= 4 is 24.8 Å². The minimum Gasteiger partial charge on any atom is -0.508 e. The summed E-state index contributed by atoms with van der Waals surface area (Å²) in [7, 11) is 0. The number of phenols is 1. The lowest BCUT2D eigenvalue weighted by Crippen LogP contribution is -2.45. The Balaban J connectivity index is 0.00000242. The summed E-state index contributed by atoms with van der Waals surface area (Å²) < 4.78 is 37.7. The SMILES string of the molecule is Cc1ccc([C@@H](CCC(F)(F)F)N2CCNCC2)c(O)c1.Cl.Cl. The highest BCUT2D eigenvalue weighted by atomic mass is 35.5. The largest absolute Gasteiger partial charge is 0.508 e. The van der Waals surface area contributed by atoms with Crippen molar-refractivity contribution in [3.63, 3.8) is 0 Å². The van der Waals surface area contributed by atoms with Crippen LogP contribution in [0, 0.1) is 6.92 Å². The van der Waals surface area contributed by atoms with Crippen molar-refractivity contribution in [3.8, 4) is 5.75 Å². The molecule has 0 aliphatic carbocycles. The third-order valence-electron chi connectivity index (χ3n) is 3.84. The predicted octanol–water partition coefficient (Wildman–Crippen LogP) is 3.83. The number of aryl methyl sites for hydroxylation is 1. The molecule has 1 heterocycles.